The van der Waals surface area contributed by atoms with E-state index in [0.717, 1.165) is 25.4 Å². The summed E-state index contributed by atoms with van der Waals surface area (Å²) in [6.45, 7) is 11.8. The Kier molecular flexibility index (Phi) is 7.14. The van der Waals surface area contributed by atoms with Crippen LogP contribution in [0.3, 0.4) is 0 Å². The van der Waals surface area contributed by atoms with Gasteiger partial charge in [0.1, 0.15) is 5.54 Å². The Morgan fingerprint density at radius 2 is 2.10 bits per heavy atom. The monoisotopic (exact) mass is 298 g/mol. The predicted octanol–water partition coefficient (Wildman–Crippen LogP) is 2.96. The molecular weight excluding hydrogens is 264 g/mol. The van der Waals surface area contributed by atoms with Crippen molar-refractivity contribution in [3.8, 4) is 0 Å². The number of methoxy groups -OCH3 is 1. The lowest BCUT2D eigenvalue weighted by molar-refractivity contribution is -0.148. The second kappa shape index (κ2) is 8.14. The third kappa shape index (κ3) is 4.96. The standard InChI is InChI=1S/C17H34N2O2/c1-7-15-10-9-14(4)19(15)12-8-11-17(5,16(20)21-6)18-13(2)3/h13-15,18H,7-12H2,1-6H3. The van der Waals surface area contributed by atoms with E-state index in [2.05, 4.69) is 37.9 Å². The number of carbonyl (C=O) groups excluding carboxylic acids is 1. The van der Waals surface area contributed by atoms with Gasteiger partial charge in [-0.15, -0.1) is 0 Å². The Hall–Kier alpha value is -0.610. The number of nitrogens with one attached hydrogen (secondary N) is 1. The van der Waals surface area contributed by atoms with Crippen LogP contribution in [0.5, 0.6) is 0 Å². The molecule has 0 bridgehead atoms. The summed E-state index contributed by atoms with van der Waals surface area (Å²) in [7, 11) is 1.47. The van der Waals surface area contributed by atoms with Crippen LogP contribution in [0.4, 0.5) is 0 Å². The van der Waals surface area contributed by atoms with Crippen molar-refractivity contribution in [3.05, 3.63) is 0 Å². The van der Waals surface area contributed by atoms with Gasteiger partial charge in [-0.25, -0.2) is 0 Å². The van der Waals surface area contributed by atoms with Crippen LogP contribution >= 0.6 is 0 Å². The van der Waals surface area contributed by atoms with Crippen LogP contribution in [-0.2, 0) is 9.53 Å². The molecule has 1 heterocycles. The van der Waals surface area contributed by atoms with Crippen LogP contribution in [0.25, 0.3) is 0 Å². The highest BCUT2D eigenvalue weighted by Crippen LogP contribution is 2.27. The van der Waals surface area contributed by atoms with Crippen LogP contribution in [0, 0.1) is 0 Å². The van der Waals surface area contributed by atoms with Crippen molar-refractivity contribution in [1.82, 2.24) is 10.2 Å². The van der Waals surface area contributed by atoms with Gasteiger partial charge in [0.05, 0.1) is 7.11 Å². The molecule has 0 aromatic heterocycles. The fourth-order valence-corrected chi connectivity index (χ4v) is 3.68. The van der Waals surface area contributed by atoms with Crippen LogP contribution < -0.4 is 5.32 Å². The summed E-state index contributed by atoms with van der Waals surface area (Å²) in [5.41, 5.74) is -0.576. The highest BCUT2D eigenvalue weighted by molar-refractivity contribution is 5.80. The average molecular weight is 298 g/mol. The first kappa shape index (κ1) is 18.4. The van der Waals surface area contributed by atoms with Gasteiger partial charge in [0.2, 0.25) is 0 Å². The molecule has 4 nitrogen and oxygen atoms in total. The van der Waals surface area contributed by atoms with Crippen molar-refractivity contribution >= 4 is 5.97 Å². The molecule has 0 aliphatic carbocycles. The van der Waals surface area contributed by atoms with E-state index in [0.29, 0.717) is 6.04 Å². The molecule has 0 aromatic rings. The number of esters is 1. The zero-order valence-electron chi connectivity index (χ0n) is 14.7. The number of rotatable bonds is 8. The number of carbonyl (C=O) groups is 1. The Labute approximate surface area is 130 Å². The van der Waals surface area contributed by atoms with Crippen molar-refractivity contribution in [1.29, 1.82) is 0 Å². The van der Waals surface area contributed by atoms with Gasteiger partial charge in [0.25, 0.3) is 0 Å². The minimum atomic E-state index is -0.576. The highest BCUT2D eigenvalue weighted by Gasteiger charge is 2.35. The molecule has 21 heavy (non-hydrogen) atoms. The molecule has 0 amide bonds. The molecule has 0 saturated carbocycles. The molecule has 1 aliphatic rings. The van der Waals surface area contributed by atoms with Crippen molar-refractivity contribution in [3.63, 3.8) is 0 Å². The Morgan fingerprint density at radius 1 is 1.43 bits per heavy atom. The maximum Gasteiger partial charge on any atom is 0.325 e. The van der Waals surface area contributed by atoms with Gasteiger partial charge in [0, 0.05) is 18.1 Å². The molecule has 1 saturated heterocycles. The van der Waals surface area contributed by atoms with Gasteiger partial charge in [-0.2, -0.15) is 0 Å². The fraction of sp³-hybridized carbons (Fsp3) is 0.941. The lowest BCUT2D eigenvalue weighted by atomic mass is 9.94. The molecule has 0 spiro atoms. The van der Waals surface area contributed by atoms with Crippen molar-refractivity contribution < 1.29 is 9.53 Å². The van der Waals surface area contributed by atoms with Crippen molar-refractivity contribution in [2.75, 3.05) is 13.7 Å². The minimum absolute atomic E-state index is 0.155. The quantitative estimate of drug-likeness (QED) is 0.700. The van der Waals surface area contributed by atoms with E-state index in [9.17, 15) is 4.79 Å². The Morgan fingerprint density at radius 3 is 2.62 bits per heavy atom. The Bertz CT molecular complexity index is 333. The largest absolute Gasteiger partial charge is 0.468 e. The van der Waals surface area contributed by atoms with Crippen molar-refractivity contribution in [2.24, 2.45) is 0 Å². The molecule has 0 radical (unpaired) electrons. The van der Waals surface area contributed by atoms with Gasteiger partial charge < -0.3 is 4.74 Å². The minimum Gasteiger partial charge on any atom is -0.468 e. The second-order valence-corrected chi connectivity index (χ2v) is 6.95. The molecule has 3 atom stereocenters. The van der Waals surface area contributed by atoms with E-state index < -0.39 is 5.54 Å². The SMILES string of the molecule is CCC1CCC(C)N1CCCC(C)(NC(C)C)C(=O)OC. The molecule has 0 aromatic carbocycles. The lowest BCUT2D eigenvalue weighted by Crippen LogP contribution is -2.53. The predicted molar refractivity (Wildman–Crippen MR) is 87.4 cm³/mol. The maximum atomic E-state index is 12.1. The summed E-state index contributed by atoms with van der Waals surface area (Å²) in [5.74, 6) is -0.155. The first-order valence-electron chi connectivity index (χ1n) is 8.46. The number of ether oxygens (including phenoxy) is 1. The summed E-state index contributed by atoms with van der Waals surface area (Å²) in [4.78, 5) is 14.7. The molecule has 4 heteroatoms. The first-order valence-corrected chi connectivity index (χ1v) is 8.46. The zero-order valence-corrected chi connectivity index (χ0v) is 14.7. The van der Waals surface area contributed by atoms with E-state index in [1.807, 2.05) is 6.92 Å². The number of nitrogens with zero attached hydrogens (tertiary/aromatic N) is 1. The van der Waals surface area contributed by atoms with Crippen LogP contribution in [0.1, 0.15) is 66.7 Å². The maximum absolute atomic E-state index is 12.1. The molecule has 3 unspecified atom stereocenters. The smallest absolute Gasteiger partial charge is 0.325 e. The number of hydrogen-bond acceptors (Lipinski definition) is 4. The third-order valence-electron chi connectivity index (χ3n) is 4.76. The lowest BCUT2D eigenvalue weighted by Gasteiger charge is -2.32. The van der Waals surface area contributed by atoms with Gasteiger partial charge >= 0.3 is 5.97 Å². The van der Waals surface area contributed by atoms with Crippen LogP contribution in [-0.4, -0.2) is 48.2 Å². The fourth-order valence-electron chi connectivity index (χ4n) is 3.68. The molecule has 124 valence electrons. The topological polar surface area (TPSA) is 41.6 Å². The number of likely N-dealkylation sites (tertiary alicyclic amines) is 1. The Balaban J connectivity index is 2.55. The van der Waals surface area contributed by atoms with E-state index in [1.54, 1.807) is 0 Å². The van der Waals surface area contributed by atoms with E-state index in [4.69, 9.17) is 4.74 Å². The van der Waals surface area contributed by atoms with Gasteiger partial charge in [0.15, 0.2) is 0 Å². The molecule has 1 rings (SSSR count). The molecule has 1 N–H and O–H groups in total. The van der Waals surface area contributed by atoms with E-state index >= 15 is 0 Å². The average Bonchev–Trinajstić information content (AvgIpc) is 2.78. The van der Waals surface area contributed by atoms with E-state index in [-0.39, 0.29) is 12.0 Å². The summed E-state index contributed by atoms with van der Waals surface area (Å²) in [6.07, 6.45) is 5.68. The number of hydrogen-bond donors (Lipinski definition) is 1. The summed E-state index contributed by atoms with van der Waals surface area (Å²) in [6, 6.07) is 1.67. The molecular formula is C17H34N2O2. The van der Waals surface area contributed by atoms with E-state index in [1.165, 1.54) is 26.4 Å². The summed E-state index contributed by atoms with van der Waals surface area (Å²) < 4.78 is 4.99. The van der Waals surface area contributed by atoms with Crippen molar-refractivity contribution in [2.45, 2.75) is 90.4 Å². The van der Waals surface area contributed by atoms with Gasteiger partial charge in [-0.05, 0) is 66.3 Å². The van der Waals surface area contributed by atoms with Gasteiger partial charge in [-0.1, -0.05) is 6.92 Å². The first-order chi connectivity index (χ1) is 9.84. The third-order valence-corrected chi connectivity index (χ3v) is 4.76. The summed E-state index contributed by atoms with van der Waals surface area (Å²) >= 11 is 0. The molecule has 1 fully saturated rings. The highest BCUT2D eigenvalue weighted by atomic mass is 16.5. The second-order valence-electron chi connectivity index (χ2n) is 6.95. The van der Waals surface area contributed by atoms with Gasteiger partial charge in [-0.3, -0.25) is 15.0 Å². The molecule has 1 aliphatic heterocycles. The normalized spacial score (nSPS) is 26.0. The summed E-state index contributed by atoms with van der Waals surface area (Å²) in [5, 5.41) is 3.38. The van der Waals surface area contributed by atoms with Crippen LogP contribution in [0.2, 0.25) is 0 Å². The zero-order chi connectivity index (χ0) is 16.0. The van der Waals surface area contributed by atoms with Crippen LogP contribution in [0.15, 0.2) is 0 Å².